The number of carboxylic acid groups (broad SMARTS) is 1. The Morgan fingerprint density at radius 2 is 2.33 bits per heavy atom. The zero-order valence-corrected chi connectivity index (χ0v) is 7.79. The Morgan fingerprint density at radius 3 is 2.83 bits per heavy atom. The molecule has 0 bridgehead atoms. The lowest BCUT2D eigenvalue weighted by atomic mass is 9.84. The lowest BCUT2D eigenvalue weighted by Crippen LogP contribution is -2.40. The summed E-state index contributed by atoms with van der Waals surface area (Å²) in [6.45, 7) is 3.93. The molecule has 0 aliphatic carbocycles. The Labute approximate surface area is 73.4 Å². The molecule has 0 spiro atoms. The summed E-state index contributed by atoms with van der Waals surface area (Å²) in [6.07, 6.45) is 1.78. The highest BCUT2D eigenvalue weighted by Gasteiger charge is 2.31. The van der Waals surface area contributed by atoms with Crippen LogP contribution in [0.5, 0.6) is 0 Å². The number of aliphatic carboxylic acids is 1. The number of rotatable bonds is 2. The molecule has 12 heavy (non-hydrogen) atoms. The van der Waals surface area contributed by atoms with Crippen molar-refractivity contribution in [3.8, 4) is 0 Å². The van der Waals surface area contributed by atoms with Gasteiger partial charge in [-0.25, -0.2) is 0 Å². The van der Waals surface area contributed by atoms with Crippen molar-refractivity contribution >= 4 is 5.97 Å². The Balaban J connectivity index is 2.56. The maximum absolute atomic E-state index is 10.8. The summed E-state index contributed by atoms with van der Waals surface area (Å²) in [5.74, 6) is -0.373. The van der Waals surface area contributed by atoms with Gasteiger partial charge in [0.15, 0.2) is 0 Å². The first-order valence-corrected chi connectivity index (χ1v) is 4.56. The molecule has 2 atom stereocenters. The number of carbonyl (C=O) groups is 1. The maximum Gasteiger partial charge on any atom is 0.306 e. The number of piperidine rings is 1. The van der Waals surface area contributed by atoms with Gasteiger partial charge in [-0.1, -0.05) is 13.3 Å². The minimum absolute atomic E-state index is 0.105. The largest absolute Gasteiger partial charge is 0.481 e. The number of hydrogen-bond donors (Lipinski definition) is 1. The molecule has 0 aromatic carbocycles. The molecule has 0 aromatic heterocycles. The molecule has 3 nitrogen and oxygen atoms in total. The third kappa shape index (κ3) is 1.97. The molecule has 0 radical (unpaired) electrons. The maximum atomic E-state index is 10.8. The molecule has 1 fully saturated rings. The fourth-order valence-electron chi connectivity index (χ4n) is 1.95. The van der Waals surface area contributed by atoms with Gasteiger partial charge in [0.2, 0.25) is 0 Å². The molecule has 70 valence electrons. The van der Waals surface area contributed by atoms with Gasteiger partial charge in [0, 0.05) is 6.54 Å². The van der Waals surface area contributed by atoms with Gasteiger partial charge < -0.3 is 10.0 Å². The fraction of sp³-hybridized carbons (Fsp3) is 0.889. The topological polar surface area (TPSA) is 40.5 Å². The van der Waals surface area contributed by atoms with E-state index < -0.39 is 5.97 Å². The molecule has 1 rings (SSSR count). The predicted octanol–water partition coefficient (Wildman–Crippen LogP) is 1.05. The first-order valence-electron chi connectivity index (χ1n) is 4.56. The number of nitrogens with zero attached hydrogens (tertiary/aromatic N) is 1. The van der Waals surface area contributed by atoms with Crippen LogP contribution in [0, 0.1) is 11.8 Å². The highest BCUT2D eigenvalue weighted by molar-refractivity contribution is 5.70. The molecular formula is C9H17NO2. The summed E-state index contributed by atoms with van der Waals surface area (Å²) in [5, 5.41) is 8.91. The van der Waals surface area contributed by atoms with E-state index >= 15 is 0 Å². The van der Waals surface area contributed by atoms with Crippen LogP contribution in [-0.4, -0.2) is 36.1 Å². The zero-order chi connectivity index (χ0) is 9.14. The summed E-state index contributed by atoms with van der Waals surface area (Å²) >= 11 is 0. The monoisotopic (exact) mass is 171 g/mol. The van der Waals surface area contributed by atoms with Crippen molar-refractivity contribution < 1.29 is 9.90 Å². The summed E-state index contributed by atoms with van der Waals surface area (Å²) in [5.41, 5.74) is 0. The van der Waals surface area contributed by atoms with Crippen molar-refractivity contribution in [3.63, 3.8) is 0 Å². The highest BCUT2D eigenvalue weighted by atomic mass is 16.4. The van der Waals surface area contributed by atoms with Crippen LogP contribution in [0.4, 0.5) is 0 Å². The van der Waals surface area contributed by atoms with E-state index in [1.165, 1.54) is 0 Å². The van der Waals surface area contributed by atoms with Crippen LogP contribution in [0.15, 0.2) is 0 Å². The molecule has 1 N–H and O–H groups in total. The summed E-state index contributed by atoms with van der Waals surface area (Å²) in [7, 11) is 2.06. The van der Waals surface area contributed by atoms with Crippen molar-refractivity contribution in [1.82, 2.24) is 4.90 Å². The Hall–Kier alpha value is -0.570. The normalized spacial score (nSPS) is 31.8. The van der Waals surface area contributed by atoms with Crippen LogP contribution in [0.3, 0.4) is 0 Å². The summed E-state index contributed by atoms with van der Waals surface area (Å²) in [6, 6.07) is 0. The van der Waals surface area contributed by atoms with Crippen LogP contribution in [0.2, 0.25) is 0 Å². The smallest absolute Gasteiger partial charge is 0.306 e. The van der Waals surface area contributed by atoms with E-state index in [4.69, 9.17) is 5.11 Å². The standard InChI is InChI=1S/C9H17NO2/c1-3-7-6-10(2)5-4-8(7)9(11)12/h7-8H,3-6H2,1-2H3,(H,11,12)/t7-,8+/m1/s1. The number of carboxylic acids is 1. The van der Waals surface area contributed by atoms with Crippen molar-refractivity contribution in [3.05, 3.63) is 0 Å². The van der Waals surface area contributed by atoms with Crippen LogP contribution in [-0.2, 0) is 4.79 Å². The van der Waals surface area contributed by atoms with Gasteiger partial charge in [-0.3, -0.25) is 4.79 Å². The highest BCUT2D eigenvalue weighted by Crippen LogP contribution is 2.25. The second-order valence-corrected chi connectivity index (χ2v) is 3.66. The van der Waals surface area contributed by atoms with Gasteiger partial charge >= 0.3 is 5.97 Å². The summed E-state index contributed by atoms with van der Waals surface area (Å²) < 4.78 is 0. The van der Waals surface area contributed by atoms with Gasteiger partial charge in [-0.15, -0.1) is 0 Å². The van der Waals surface area contributed by atoms with Crippen LogP contribution < -0.4 is 0 Å². The van der Waals surface area contributed by atoms with Crippen molar-refractivity contribution in [2.45, 2.75) is 19.8 Å². The second kappa shape index (κ2) is 3.90. The lowest BCUT2D eigenvalue weighted by molar-refractivity contribution is -0.145. The van der Waals surface area contributed by atoms with Gasteiger partial charge in [0.05, 0.1) is 5.92 Å². The van der Waals surface area contributed by atoms with Crippen molar-refractivity contribution in [2.24, 2.45) is 11.8 Å². The molecule has 1 heterocycles. The number of hydrogen-bond acceptors (Lipinski definition) is 2. The van der Waals surface area contributed by atoms with E-state index in [9.17, 15) is 4.79 Å². The Bertz CT molecular complexity index is 170. The molecule has 0 amide bonds. The second-order valence-electron chi connectivity index (χ2n) is 3.66. The molecule has 0 unspecified atom stereocenters. The third-order valence-corrected chi connectivity index (χ3v) is 2.78. The summed E-state index contributed by atoms with van der Waals surface area (Å²) in [4.78, 5) is 13.0. The average Bonchev–Trinajstić information content (AvgIpc) is 2.03. The first-order chi connectivity index (χ1) is 5.65. The Kier molecular flexibility index (Phi) is 3.09. The van der Waals surface area contributed by atoms with Crippen molar-refractivity contribution in [2.75, 3.05) is 20.1 Å². The van der Waals surface area contributed by atoms with Gasteiger partial charge in [0.1, 0.15) is 0 Å². The Morgan fingerprint density at radius 1 is 1.67 bits per heavy atom. The van der Waals surface area contributed by atoms with Gasteiger partial charge in [0.25, 0.3) is 0 Å². The quantitative estimate of drug-likeness (QED) is 0.675. The van der Waals surface area contributed by atoms with E-state index in [1.807, 2.05) is 0 Å². The molecule has 1 aliphatic rings. The molecule has 0 aromatic rings. The van der Waals surface area contributed by atoms with Crippen molar-refractivity contribution in [1.29, 1.82) is 0 Å². The van der Waals surface area contributed by atoms with Gasteiger partial charge in [-0.05, 0) is 25.9 Å². The SMILES string of the molecule is CC[C@@H]1CN(C)CC[C@@H]1C(=O)O. The molecule has 3 heteroatoms. The first kappa shape index (κ1) is 9.52. The average molecular weight is 171 g/mol. The van der Waals surface area contributed by atoms with Crippen LogP contribution >= 0.6 is 0 Å². The zero-order valence-electron chi connectivity index (χ0n) is 7.79. The third-order valence-electron chi connectivity index (χ3n) is 2.78. The number of likely N-dealkylation sites (tertiary alicyclic amines) is 1. The predicted molar refractivity (Wildman–Crippen MR) is 47.0 cm³/mol. The van der Waals surface area contributed by atoms with E-state index in [2.05, 4.69) is 18.9 Å². The lowest BCUT2D eigenvalue weighted by Gasteiger charge is -2.33. The van der Waals surface area contributed by atoms with Crippen LogP contribution in [0.25, 0.3) is 0 Å². The molecule has 1 saturated heterocycles. The van der Waals surface area contributed by atoms with E-state index in [0.717, 1.165) is 25.9 Å². The fourth-order valence-corrected chi connectivity index (χ4v) is 1.95. The molecule has 1 aliphatic heterocycles. The molecule has 0 saturated carbocycles. The van der Waals surface area contributed by atoms with E-state index in [0.29, 0.717) is 5.92 Å². The minimum Gasteiger partial charge on any atom is -0.481 e. The minimum atomic E-state index is -0.616. The van der Waals surface area contributed by atoms with E-state index in [-0.39, 0.29) is 5.92 Å². The van der Waals surface area contributed by atoms with E-state index in [1.54, 1.807) is 0 Å². The van der Waals surface area contributed by atoms with Gasteiger partial charge in [-0.2, -0.15) is 0 Å². The van der Waals surface area contributed by atoms with Crippen LogP contribution in [0.1, 0.15) is 19.8 Å². The molecular weight excluding hydrogens is 154 g/mol.